The van der Waals surface area contributed by atoms with Gasteiger partial charge in [-0.1, -0.05) is 0 Å². The number of carbonyl (C=O) groups excluding carboxylic acids is 1. The molecule has 0 atom stereocenters. The lowest BCUT2D eigenvalue weighted by Gasteiger charge is -2.04. The lowest BCUT2D eigenvalue weighted by Crippen LogP contribution is -2.23. The maximum absolute atomic E-state index is 11.8. The van der Waals surface area contributed by atoms with E-state index < -0.39 is 0 Å². The molecule has 0 aliphatic heterocycles. The molecule has 2 rings (SSSR count). The molecule has 1 N–H and O–H groups in total. The molecule has 0 saturated heterocycles. The number of benzene rings is 1. The van der Waals surface area contributed by atoms with Crippen LogP contribution in [0.5, 0.6) is 5.75 Å². The Balaban J connectivity index is 2.09. The van der Waals surface area contributed by atoms with Crippen molar-refractivity contribution >= 4 is 5.91 Å². The average molecular weight is 232 g/mol. The Morgan fingerprint density at radius 3 is 2.59 bits per heavy atom. The summed E-state index contributed by atoms with van der Waals surface area (Å²) < 4.78 is 5.01. The van der Waals surface area contributed by atoms with Crippen molar-refractivity contribution < 1.29 is 9.53 Å². The zero-order valence-electron chi connectivity index (χ0n) is 9.54. The van der Waals surface area contributed by atoms with Gasteiger partial charge in [-0.05, 0) is 36.4 Å². The first-order valence-electron chi connectivity index (χ1n) is 5.03. The molecule has 0 fully saturated rings. The molecular weight excluding hydrogens is 220 g/mol. The number of hydrogen-bond acceptors (Lipinski definition) is 4. The van der Waals surface area contributed by atoms with E-state index in [0.717, 1.165) is 5.69 Å². The van der Waals surface area contributed by atoms with Crippen molar-refractivity contribution in [3.63, 3.8) is 0 Å². The Bertz CT molecular complexity index is 519. The van der Waals surface area contributed by atoms with E-state index in [1.54, 1.807) is 44.5 Å². The summed E-state index contributed by atoms with van der Waals surface area (Å²) in [6.45, 7) is 1.79. The number of ether oxygens (including phenoxy) is 1. The molecular formula is C11H12N4O2. The zero-order valence-corrected chi connectivity index (χ0v) is 9.54. The minimum absolute atomic E-state index is 0.252. The fraction of sp³-hybridized carbons (Fsp3) is 0.182. The lowest BCUT2D eigenvalue weighted by atomic mass is 10.2. The highest BCUT2D eigenvalue weighted by Crippen LogP contribution is 2.11. The number of rotatable bonds is 3. The van der Waals surface area contributed by atoms with Gasteiger partial charge in [0.1, 0.15) is 5.75 Å². The van der Waals surface area contributed by atoms with Crippen molar-refractivity contribution in [3.05, 3.63) is 41.7 Å². The summed E-state index contributed by atoms with van der Waals surface area (Å²) in [5.41, 5.74) is 3.84. The molecule has 17 heavy (non-hydrogen) atoms. The third-order valence-corrected chi connectivity index (χ3v) is 2.18. The summed E-state index contributed by atoms with van der Waals surface area (Å²) in [6, 6.07) is 6.80. The lowest BCUT2D eigenvalue weighted by molar-refractivity contribution is 0.100. The van der Waals surface area contributed by atoms with Gasteiger partial charge in [0, 0.05) is 5.56 Å². The highest BCUT2D eigenvalue weighted by atomic mass is 16.5. The van der Waals surface area contributed by atoms with Crippen molar-refractivity contribution in [2.45, 2.75) is 6.92 Å². The number of hydrogen-bond donors (Lipinski definition) is 1. The number of aryl methyl sites for hydroxylation is 1. The van der Waals surface area contributed by atoms with E-state index in [4.69, 9.17) is 4.74 Å². The fourth-order valence-electron chi connectivity index (χ4n) is 1.31. The average Bonchev–Trinajstić information content (AvgIpc) is 2.75. The molecule has 1 aromatic carbocycles. The van der Waals surface area contributed by atoms with E-state index in [1.165, 1.54) is 4.79 Å². The van der Waals surface area contributed by atoms with Gasteiger partial charge in [-0.15, -0.1) is 5.10 Å². The topological polar surface area (TPSA) is 69.0 Å². The number of carbonyl (C=O) groups is 1. The minimum Gasteiger partial charge on any atom is -0.497 e. The monoisotopic (exact) mass is 232 g/mol. The number of methoxy groups -OCH3 is 1. The first-order chi connectivity index (χ1) is 8.19. The van der Waals surface area contributed by atoms with Crippen LogP contribution in [0.3, 0.4) is 0 Å². The van der Waals surface area contributed by atoms with Crippen molar-refractivity contribution in [2.75, 3.05) is 12.5 Å². The Kier molecular flexibility index (Phi) is 3.04. The quantitative estimate of drug-likeness (QED) is 0.856. The van der Waals surface area contributed by atoms with Crippen molar-refractivity contribution in [1.82, 2.24) is 15.1 Å². The molecule has 6 heteroatoms. The zero-order chi connectivity index (χ0) is 12.3. The predicted octanol–water partition coefficient (Wildman–Crippen LogP) is 0.979. The van der Waals surface area contributed by atoms with Gasteiger partial charge in [-0.3, -0.25) is 4.79 Å². The molecule has 0 unspecified atom stereocenters. The van der Waals surface area contributed by atoms with Crippen LogP contribution in [0, 0.1) is 6.92 Å². The summed E-state index contributed by atoms with van der Waals surface area (Å²) >= 11 is 0. The second kappa shape index (κ2) is 4.65. The highest BCUT2D eigenvalue weighted by molar-refractivity contribution is 5.99. The number of nitrogens with one attached hydrogen (secondary N) is 1. The number of amides is 1. The molecule has 1 aromatic heterocycles. The maximum atomic E-state index is 11.8. The van der Waals surface area contributed by atoms with Crippen molar-refractivity contribution in [3.8, 4) is 5.75 Å². The van der Waals surface area contributed by atoms with Gasteiger partial charge in [-0.2, -0.15) is 4.79 Å². The molecule has 1 heterocycles. The Morgan fingerprint density at radius 1 is 1.35 bits per heavy atom. The summed E-state index contributed by atoms with van der Waals surface area (Å²) in [5.74, 6) is 0.454. The predicted molar refractivity (Wildman–Crippen MR) is 61.4 cm³/mol. The Labute approximate surface area is 98.2 Å². The summed E-state index contributed by atoms with van der Waals surface area (Å²) in [6.07, 6.45) is 1.63. The molecule has 0 aliphatic carbocycles. The van der Waals surface area contributed by atoms with Crippen molar-refractivity contribution in [2.24, 2.45) is 0 Å². The van der Waals surface area contributed by atoms with Crippen LogP contribution in [0.15, 0.2) is 30.5 Å². The SMILES string of the molecule is COc1ccc(C(=O)Nn2cc(C)nn2)cc1. The fourth-order valence-corrected chi connectivity index (χ4v) is 1.31. The molecule has 0 bridgehead atoms. The van der Waals surface area contributed by atoms with Crippen LogP contribution in [0.1, 0.15) is 16.1 Å². The van der Waals surface area contributed by atoms with Gasteiger partial charge in [0.15, 0.2) is 0 Å². The van der Waals surface area contributed by atoms with Gasteiger partial charge in [0.2, 0.25) is 0 Å². The molecule has 0 spiro atoms. The summed E-state index contributed by atoms with van der Waals surface area (Å²) in [5, 5.41) is 7.49. The second-order valence-electron chi connectivity index (χ2n) is 3.47. The summed E-state index contributed by atoms with van der Waals surface area (Å²) in [7, 11) is 1.58. The minimum atomic E-state index is -0.252. The molecule has 2 aromatic rings. The highest BCUT2D eigenvalue weighted by Gasteiger charge is 2.06. The molecule has 88 valence electrons. The molecule has 6 nitrogen and oxygen atoms in total. The Hall–Kier alpha value is -2.37. The number of aromatic nitrogens is 3. The molecule has 1 amide bonds. The summed E-state index contributed by atoms with van der Waals surface area (Å²) in [4.78, 5) is 13.1. The van der Waals surface area contributed by atoms with E-state index in [2.05, 4.69) is 15.7 Å². The third kappa shape index (κ3) is 2.60. The largest absolute Gasteiger partial charge is 0.497 e. The first-order valence-corrected chi connectivity index (χ1v) is 5.03. The number of nitrogens with zero attached hydrogens (tertiary/aromatic N) is 3. The Morgan fingerprint density at radius 2 is 2.06 bits per heavy atom. The smallest absolute Gasteiger partial charge is 0.271 e. The molecule has 0 radical (unpaired) electrons. The van der Waals surface area contributed by atoms with Crippen LogP contribution < -0.4 is 10.2 Å². The van der Waals surface area contributed by atoms with Crippen LogP contribution in [0.2, 0.25) is 0 Å². The van der Waals surface area contributed by atoms with Gasteiger partial charge in [0.05, 0.1) is 19.0 Å². The molecule has 0 saturated carbocycles. The van der Waals surface area contributed by atoms with Crippen molar-refractivity contribution in [1.29, 1.82) is 0 Å². The third-order valence-electron chi connectivity index (χ3n) is 2.18. The van der Waals surface area contributed by atoms with E-state index in [1.807, 2.05) is 0 Å². The van der Waals surface area contributed by atoms with Gasteiger partial charge < -0.3 is 4.74 Å². The van der Waals surface area contributed by atoms with Crippen LogP contribution in [0.4, 0.5) is 0 Å². The van der Waals surface area contributed by atoms with Crippen LogP contribution >= 0.6 is 0 Å². The van der Waals surface area contributed by atoms with Gasteiger partial charge in [0.25, 0.3) is 5.91 Å². The van der Waals surface area contributed by atoms with Gasteiger partial charge >= 0.3 is 0 Å². The van der Waals surface area contributed by atoms with Gasteiger partial charge in [-0.25, -0.2) is 5.43 Å². The van der Waals surface area contributed by atoms with E-state index in [0.29, 0.717) is 11.3 Å². The van der Waals surface area contributed by atoms with Crippen LogP contribution in [0.25, 0.3) is 0 Å². The molecule has 0 aliphatic rings. The van der Waals surface area contributed by atoms with E-state index in [-0.39, 0.29) is 5.91 Å². The second-order valence-corrected chi connectivity index (χ2v) is 3.47. The first kappa shape index (κ1) is 11.1. The van der Waals surface area contributed by atoms with Crippen LogP contribution in [-0.2, 0) is 0 Å². The van der Waals surface area contributed by atoms with E-state index in [9.17, 15) is 4.79 Å². The standard InChI is InChI=1S/C11H12N4O2/c1-8-7-15(14-12-8)13-11(16)9-3-5-10(17-2)6-4-9/h3-7H,1-2H3,(H,13,16). The normalized spacial score (nSPS) is 10.0. The van der Waals surface area contributed by atoms with E-state index >= 15 is 0 Å². The van der Waals surface area contributed by atoms with Crippen LogP contribution in [-0.4, -0.2) is 28.1 Å². The maximum Gasteiger partial charge on any atom is 0.271 e.